The molecule has 1 aliphatic carbocycles. The zero-order chi connectivity index (χ0) is 20.7. The number of aromatic nitrogens is 5. The maximum atomic E-state index is 13.2. The molecule has 4 heterocycles. The van der Waals surface area contributed by atoms with E-state index in [0.29, 0.717) is 29.4 Å². The van der Waals surface area contributed by atoms with Crippen LogP contribution in [0.4, 0.5) is 14.7 Å². The third-order valence-electron chi connectivity index (χ3n) is 5.84. The van der Waals surface area contributed by atoms with Crippen LogP contribution in [-0.2, 0) is 4.74 Å². The van der Waals surface area contributed by atoms with Gasteiger partial charge in [-0.15, -0.1) is 0 Å². The van der Waals surface area contributed by atoms with Crippen LogP contribution in [-0.4, -0.2) is 43.6 Å². The third kappa shape index (κ3) is 3.39. The van der Waals surface area contributed by atoms with Crippen molar-refractivity contribution in [2.24, 2.45) is 0 Å². The lowest BCUT2D eigenvalue weighted by Crippen LogP contribution is -2.29. The van der Waals surface area contributed by atoms with Crippen molar-refractivity contribution in [3.05, 3.63) is 42.6 Å². The summed E-state index contributed by atoms with van der Waals surface area (Å²) in [5.41, 5.74) is 2.70. The second-order valence-electron chi connectivity index (χ2n) is 7.64. The predicted octanol–water partition coefficient (Wildman–Crippen LogP) is 4.58. The van der Waals surface area contributed by atoms with E-state index in [1.54, 1.807) is 25.6 Å². The molecule has 1 aliphatic rings. The van der Waals surface area contributed by atoms with E-state index in [1.165, 1.54) is 10.6 Å². The molecule has 7 nitrogen and oxygen atoms in total. The van der Waals surface area contributed by atoms with Crippen LogP contribution in [0, 0.1) is 0 Å². The van der Waals surface area contributed by atoms with Gasteiger partial charge >= 0.3 is 0 Å². The number of alkyl halides is 2. The number of anilines is 1. The topological polar surface area (TPSA) is 80.1 Å². The van der Waals surface area contributed by atoms with Crippen molar-refractivity contribution < 1.29 is 13.5 Å². The summed E-state index contributed by atoms with van der Waals surface area (Å²) in [6.45, 7) is 0. The third-order valence-corrected chi connectivity index (χ3v) is 5.84. The molecule has 0 aliphatic heterocycles. The minimum absolute atomic E-state index is 0.127. The Morgan fingerprint density at radius 2 is 2.00 bits per heavy atom. The molecule has 0 aromatic carbocycles. The summed E-state index contributed by atoms with van der Waals surface area (Å²) >= 11 is 0. The van der Waals surface area contributed by atoms with Crippen LogP contribution in [0.25, 0.3) is 27.8 Å². The van der Waals surface area contributed by atoms with Gasteiger partial charge < -0.3 is 15.0 Å². The minimum atomic E-state index is -2.59. The van der Waals surface area contributed by atoms with Crippen LogP contribution in [0.2, 0.25) is 0 Å². The van der Waals surface area contributed by atoms with Crippen molar-refractivity contribution in [1.82, 2.24) is 24.3 Å². The Hall–Kier alpha value is -3.07. The molecule has 9 heteroatoms. The van der Waals surface area contributed by atoms with E-state index in [0.717, 1.165) is 42.2 Å². The first kappa shape index (κ1) is 18.9. The van der Waals surface area contributed by atoms with Gasteiger partial charge in [-0.1, -0.05) is 0 Å². The molecule has 156 valence electrons. The Bertz CT molecular complexity index is 1180. The van der Waals surface area contributed by atoms with Gasteiger partial charge in [-0.25, -0.2) is 18.7 Å². The van der Waals surface area contributed by atoms with E-state index in [1.807, 2.05) is 12.3 Å². The number of fused-ring (bicyclic) bond motifs is 2. The van der Waals surface area contributed by atoms with E-state index in [9.17, 15) is 8.78 Å². The van der Waals surface area contributed by atoms with Crippen molar-refractivity contribution in [1.29, 1.82) is 0 Å². The molecule has 1 saturated carbocycles. The molecule has 30 heavy (non-hydrogen) atoms. The number of aromatic amines is 1. The van der Waals surface area contributed by atoms with Gasteiger partial charge in [-0.2, -0.15) is 4.98 Å². The Kier molecular flexibility index (Phi) is 4.82. The summed E-state index contributed by atoms with van der Waals surface area (Å²) in [6, 6.07) is 3.92. The van der Waals surface area contributed by atoms with Crippen molar-refractivity contribution >= 4 is 22.6 Å². The highest BCUT2D eigenvalue weighted by Gasteiger charge is 2.21. The number of nitrogens with one attached hydrogen (secondary N) is 2. The SMILES string of the molecule is CO[C@H]1CC[C@@H](Nc2ncc3c(-c4ccc5ncc(C(F)F)n5c4)c[nH]c3n2)CC1. The molecule has 1 fully saturated rings. The van der Waals surface area contributed by atoms with Gasteiger partial charge in [-0.3, -0.25) is 4.40 Å². The normalized spacial score (nSPS) is 19.7. The number of H-pyrrole nitrogens is 1. The van der Waals surface area contributed by atoms with Crippen LogP contribution in [0.15, 0.2) is 36.9 Å². The Balaban J connectivity index is 1.41. The highest BCUT2D eigenvalue weighted by atomic mass is 19.3. The maximum Gasteiger partial charge on any atom is 0.280 e. The smallest absolute Gasteiger partial charge is 0.280 e. The van der Waals surface area contributed by atoms with Gasteiger partial charge in [-0.05, 0) is 37.8 Å². The molecular formula is C21H22F2N6O. The van der Waals surface area contributed by atoms with Crippen LogP contribution in [0.5, 0.6) is 0 Å². The predicted molar refractivity (Wildman–Crippen MR) is 110 cm³/mol. The van der Waals surface area contributed by atoms with E-state index in [-0.39, 0.29) is 5.69 Å². The number of halogens is 2. The number of hydrogen-bond donors (Lipinski definition) is 2. The molecular weight excluding hydrogens is 390 g/mol. The van der Waals surface area contributed by atoms with Crippen LogP contribution in [0.3, 0.4) is 0 Å². The summed E-state index contributed by atoms with van der Waals surface area (Å²) in [6.07, 6.45) is 8.33. The molecule has 4 aromatic rings. The van der Waals surface area contributed by atoms with Crippen LogP contribution >= 0.6 is 0 Å². The average molecular weight is 412 g/mol. The number of pyridine rings is 1. The monoisotopic (exact) mass is 412 g/mol. The molecule has 0 saturated heterocycles. The maximum absolute atomic E-state index is 13.2. The van der Waals surface area contributed by atoms with E-state index < -0.39 is 6.43 Å². The van der Waals surface area contributed by atoms with E-state index in [4.69, 9.17) is 4.74 Å². The quantitative estimate of drug-likeness (QED) is 0.502. The molecule has 4 aromatic heterocycles. The van der Waals surface area contributed by atoms with Crippen LogP contribution < -0.4 is 5.32 Å². The second kappa shape index (κ2) is 7.64. The lowest BCUT2D eigenvalue weighted by molar-refractivity contribution is 0.0681. The summed E-state index contributed by atoms with van der Waals surface area (Å²) in [7, 11) is 1.76. The fraction of sp³-hybridized carbons (Fsp3) is 0.381. The first-order chi connectivity index (χ1) is 14.6. The van der Waals surface area contributed by atoms with Gasteiger partial charge in [0.2, 0.25) is 5.95 Å². The van der Waals surface area contributed by atoms with Gasteiger partial charge in [0.15, 0.2) is 0 Å². The summed E-state index contributed by atoms with van der Waals surface area (Å²) in [5, 5.41) is 4.25. The number of imidazole rings is 1. The summed E-state index contributed by atoms with van der Waals surface area (Å²) < 4.78 is 33.3. The van der Waals surface area contributed by atoms with E-state index in [2.05, 4.69) is 25.3 Å². The molecule has 0 amide bonds. The largest absolute Gasteiger partial charge is 0.381 e. The summed E-state index contributed by atoms with van der Waals surface area (Å²) in [4.78, 5) is 16.3. The van der Waals surface area contributed by atoms with Gasteiger partial charge in [0.05, 0.1) is 12.3 Å². The molecule has 0 radical (unpaired) electrons. The first-order valence-electron chi connectivity index (χ1n) is 10.0. The van der Waals surface area contributed by atoms with Crippen molar-refractivity contribution in [3.8, 4) is 11.1 Å². The highest BCUT2D eigenvalue weighted by molar-refractivity contribution is 5.93. The lowest BCUT2D eigenvalue weighted by Gasteiger charge is -2.28. The van der Waals surface area contributed by atoms with Gasteiger partial charge in [0, 0.05) is 48.3 Å². The van der Waals surface area contributed by atoms with Gasteiger partial charge in [0.1, 0.15) is 17.0 Å². The van der Waals surface area contributed by atoms with Crippen molar-refractivity contribution in [3.63, 3.8) is 0 Å². The molecule has 5 rings (SSSR count). The molecule has 0 bridgehead atoms. The molecule has 2 N–H and O–H groups in total. The van der Waals surface area contributed by atoms with E-state index >= 15 is 0 Å². The second-order valence-corrected chi connectivity index (χ2v) is 7.64. The Labute approximate surface area is 171 Å². The minimum Gasteiger partial charge on any atom is -0.381 e. The number of hydrogen-bond acceptors (Lipinski definition) is 5. The number of ether oxygens (including phenoxy) is 1. The average Bonchev–Trinajstić information content (AvgIpc) is 3.37. The molecule has 0 atom stereocenters. The number of rotatable bonds is 5. The highest BCUT2D eigenvalue weighted by Crippen LogP contribution is 2.30. The fourth-order valence-corrected chi connectivity index (χ4v) is 4.16. The molecule has 0 spiro atoms. The van der Waals surface area contributed by atoms with Crippen LogP contribution in [0.1, 0.15) is 37.8 Å². The summed E-state index contributed by atoms with van der Waals surface area (Å²) in [5.74, 6) is 0.585. The molecule has 0 unspecified atom stereocenters. The van der Waals surface area contributed by atoms with Crippen molar-refractivity contribution in [2.75, 3.05) is 12.4 Å². The number of methoxy groups -OCH3 is 1. The van der Waals surface area contributed by atoms with Crippen molar-refractivity contribution in [2.45, 2.75) is 44.3 Å². The van der Waals surface area contributed by atoms with Gasteiger partial charge in [0.25, 0.3) is 6.43 Å². The number of nitrogens with zero attached hydrogens (tertiary/aromatic N) is 4. The Morgan fingerprint density at radius 1 is 1.17 bits per heavy atom. The zero-order valence-electron chi connectivity index (χ0n) is 16.5. The first-order valence-corrected chi connectivity index (χ1v) is 10.0. The zero-order valence-corrected chi connectivity index (χ0v) is 16.5. The fourth-order valence-electron chi connectivity index (χ4n) is 4.16. The standard InChI is InChI=1S/C21H22F2N6O/c1-30-14-5-3-13(4-6-14)27-21-26-9-16-15(8-25-20(16)28-21)12-2-7-18-24-10-17(19(22)23)29(18)11-12/h2,7-11,13-14,19H,3-6H2,1H3,(H2,25,26,27,28)/t13-,14+. The lowest BCUT2D eigenvalue weighted by atomic mass is 9.93. The Morgan fingerprint density at radius 3 is 2.77 bits per heavy atom.